The number of para-hydroxylation sites is 1. The smallest absolute Gasteiger partial charge is 0.246 e. The number of carbonyl (C=O) groups is 4. The van der Waals surface area contributed by atoms with E-state index in [2.05, 4.69) is 70.1 Å². The maximum absolute atomic E-state index is 14.1. The van der Waals surface area contributed by atoms with E-state index in [9.17, 15) is 32.7 Å². The third-order valence-electron chi connectivity index (χ3n) is 16.3. The Bertz CT molecular complexity index is 3190. The van der Waals surface area contributed by atoms with Gasteiger partial charge in [0.15, 0.2) is 9.84 Å². The van der Waals surface area contributed by atoms with Gasteiger partial charge in [-0.15, -0.1) is 11.3 Å². The lowest BCUT2D eigenvalue weighted by molar-refractivity contribution is -0.144. The predicted molar refractivity (Wildman–Crippen MR) is 334 cm³/mol. The molecule has 3 aliphatic rings. The minimum atomic E-state index is -3.56. The molecule has 3 fully saturated rings. The van der Waals surface area contributed by atoms with Crippen molar-refractivity contribution in [2.24, 2.45) is 5.41 Å². The molecule has 0 saturated carbocycles. The number of amides is 4. The van der Waals surface area contributed by atoms with Gasteiger partial charge in [0.2, 0.25) is 35.5 Å². The maximum atomic E-state index is 14.1. The normalized spacial score (nSPS) is 17.5. The molecule has 4 amide bonds. The number of sulfone groups is 1. The Morgan fingerprint density at radius 1 is 0.800 bits per heavy atom. The van der Waals surface area contributed by atoms with Crippen molar-refractivity contribution in [1.29, 1.82) is 0 Å². The molecule has 2 aromatic heterocycles. The van der Waals surface area contributed by atoms with Gasteiger partial charge in [-0.05, 0) is 108 Å². The van der Waals surface area contributed by atoms with Crippen LogP contribution in [0.3, 0.4) is 0 Å². The van der Waals surface area contributed by atoms with Gasteiger partial charge in [-0.1, -0.05) is 82.9 Å². The molecular formula is C63H88N12O8S2. The van der Waals surface area contributed by atoms with Crippen molar-refractivity contribution < 1.29 is 37.4 Å². The van der Waals surface area contributed by atoms with E-state index in [1.54, 1.807) is 49.4 Å². The molecule has 1 unspecified atom stereocenters. The predicted octanol–water partition coefficient (Wildman–Crippen LogP) is 9.11. The number of aliphatic hydroxyl groups excluding tert-OH is 1. The highest BCUT2D eigenvalue weighted by Crippen LogP contribution is 2.38. The molecule has 5 aromatic rings. The van der Waals surface area contributed by atoms with Gasteiger partial charge in [-0.2, -0.15) is 4.98 Å². The summed E-state index contributed by atoms with van der Waals surface area (Å²) in [4.78, 5) is 81.5. The highest BCUT2D eigenvalue weighted by molar-refractivity contribution is 7.92. The summed E-state index contributed by atoms with van der Waals surface area (Å²) < 4.78 is 32.5. The lowest BCUT2D eigenvalue weighted by Crippen LogP contribution is -2.57. The minimum Gasteiger partial charge on any atom is -0.489 e. The monoisotopic (exact) mass is 1200 g/mol. The third-order valence-corrected chi connectivity index (χ3v) is 19.5. The molecule has 8 rings (SSSR count). The number of β-amino-alcohol motifs (C(OH)–C–C–N with tert-alkyl or cyclic N) is 1. The number of unbranched alkanes of at least 4 members (excludes halogenated alkanes) is 5. The number of benzene rings is 3. The van der Waals surface area contributed by atoms with E-state index in [0.717, 1.165) is 117 Å². The van der Waals surface area contributed by atoms with E-state index in [0.29, 0.717) is 36.0 Å². The number of piperidine rings is 1. The first-order valence-corrected chi connectivity index (χ1v) is 32.7. The second kappa shape index (κ2) is 29.1. The Morgan fingerprint density at radius 3 is 2.08 bits per heavy atom. The fraction of sp³-hybridized carbons (Fsp3) is 0.556. The van der Waals surface area contributed by atoms with Gasteiger partial charge in [0.1, 0.15) is 24.2 Å². The number of piperazine rings is 1. The molecule has 5 N–H and O–H groups in total. The molecule has 22 heteroatoms. The summed E-state index contributed by atoms with van der Waals surface area (Å²) in [5, 5.41) is 22.4. The van der Waals surface area contributed by atoms with Gasteiger partial charge in [0, 0.05) is 89.4 Å². The number of hydrogen-bond acceptors (Lipinski definition) is 17. The quantitative estimate of drug-likeness (QED) is 0.0342. The lowest BCUT2D eigenvalue weighted by atomic mass is 9.85. The number of hydrogen-bond donors (Lipinski definition) is 5. The molecule has 3 aliphatic heterocycles. The van der Waals surface area contributed by atoms with Crippen LogP contribution in [0, 0.1) is 19.3 Å². The first-order valence-electron chi connectivity index (χ1n) is 30.2. The summed E-state index contributed by atoms with van der Waals surface area (Å²) in [6.45, 7) is 22.3. The van der Waals surface area contributed by atoms with Crippen molar-refractivity contribution in [3.05, 3.63) is 89.3 Å². The third kappa shape index (κ3) is 17.0. The van der Waals surface area contributed by atoms with Gasteiger partial charge in [0.25, 0.3) is 0 Å². The second-order valence-corrected chi connectivity index (χ2v) is 27.8. The number of likely N-dealkylation sites (tertiary alicyclic amines) is 1. The zero-order valence-electron chi connectivity index (χ0n) is 51.0. The number of thiazole rings is 1. The molecule has 460 valence electrons. The number of carbonyl (C=O) groups excluding carboxylic acids is 4. The zero-order chi connectivity index (χ0) is 61.0. The molecule has 85 heavy (non-hydrogen) atoms. The molecular weight excluding hydrogens is 1120 g/mol. The van der Waals surface area contributed by atoms with Crippen molar-refractivity contribution in [2.75, 3.05) is 61.3 Å². The standard InChI is InChI=1S/C63H88N12O8S2/c1-41(2)83-53-36-51(43(5)34-50(53)69-62-66-39-65-61(71-62)68-49-18-16-17-19-54(49)85(81,82)42(3)4)73-28-26-47(27-29-73)72-30-32-74(33-31-72)56(78)21-15-13-11-10-12-14-20-55(77)70-58(63(7,8)9)60(80)75-38-48(76)35-52(75)59(79)64-37-45-22-24-46(25-23-45)57-44(6)67-40-84-57/h16-19,22-25,34,36,39-42,47-48,52,58,76H,10-15,20-21,26-33,35,37-38H2,1-9H3,(H,64,79)(H,70,77)(H2,65,66,68,69,71)/t48-,52+,58?/m1/s1. The molecule has 0 spiro atoms. The minimum absolute atomic E-state index is 0.0201. The Morgan fingerprint density at radius 2 is 1.45 bits per heavy atom. The van der Waals surface area contributed by atoms with Gasteiger partial charge in [-0.3, -0.25) is 24.1 Å². The van der Waals surface area contributed by atoms with E-state index >= 15 is 0 Å². The summed E-state index contributed by atoms with van der Waals surface area (Å²) in [5.74, 6) is 0.425. The molecule has 3 aromatic carbocycles. The van der Waals surface area contributed by atoms with Crippen LogP contribution in [0.1, 0.15) is 136 Å². The fourth-order valence-corrected chi connectivity index (χ4v) is 13.5. The number of nitrogens with one attached hydrogen (secondary N) is 4. The topological polar surface area (TPSA) is 245 Å². The molecule has 20 nitrogen and oxygen atoms in total. The number of anilines is 5. The Balaban J connectivity index is 0.714. The number of rotatable bonds is 25. The first-order chi connectivity index (χ1) is 40.5. The highest BCUT2D eigenvalue weighted by Gasteiger charge is 2.44. The van der Waals surface area contributed by atoms with E-state index in [1.165, 1.54) is 11.2 Å². The zero-order valence-corrected chi connectivity index (χ0v) is 52.7. The van der Waals surface area contributed by atoms with Crippen molar-refractivity contribution in [3.63, 3.8) is 0 Å². The van der Waals surface area contributed by atoms with Gasteiger partial charge in [0.05, 0.1) is 49.8 Å². The van der Waals surface area contributed by atoms with Crippen LogP contribution in [0.25, 0.3) is 10.4 Å². The van der Waals surface area contributed by atoms with E-state index in [4.69, 9.17) is 4.74 Å². The second-order valence-electron chi connectivity index (χ2n) is 24.5. The van der Waals surface area contributed by atoms with Gasteiger partial charge >= 0.3 is 0 Å². The number of aryl methyl sites for hydroxylation is 2. The van der Waals surface area contributed by atoms with Crippen LogP contribution >= 0.6 is 11.3 Å². The van der Waals surface area contributed by atoms with Crippen molar-refractivity contribution >= 4 is 73.8 Å². The number of ether oxygens (including phenoxy) is 1. The van der Waals surface area contributed by atoms with Crippen LogP contribution in [0.2, 0.25) is 0 Å². The molecule has 5 heterocycles. The van der Waals surface area contributed by atoms with Crippen LogP contribution in [-0.4, -0.2) is 153 Å². The Hall–Kier alpha value is -6.75. The van der Waals surface area contributed by atoms with Crippen molar-refractivity contribution in [1.82, 2.24) is 45.3 Å². The van der Waals surface area contributed by atoms with Crippen LogP contribution in [0.5, 0.6) is 5.75 Å². The number of aromatic nitrogens is 4. The summed E-state index contributed by atoms with van der Waals surface area (Å²) in [6.07, 6.45) is 8.63. The largest absolute Gasteiger partial charge is 0.489 e. The van der Waals surface area contributed by atoms with Gasteiger partial charge in [-0.25, -0.2) is 23.4 Å². The summed E-state index contributed by atoms with van der Waals surface area (Å²) in [6, 6.07) is 17.5. The van der Waals surface area contributed by atoms with Gasteiger partial charge < -0.3 is 45.8 Å². The number of aliphatic hydroxyl groups is 1. The van der Waals surface area contributed by atoms with Crippen LogP contribution in [0.4, 0.5) is 29.0 Å². The molecule has 0 bridgehead atoms. The molecule has 0 aliphatic carbocycles. The van der Waals surface area contributed by atoms with Crippen LogP contribution in [0.15, 0.2) is 77.4 Å². The molecule has 3 atom stereocenters. The van der Waals surface area contributed by atoms with Crippen LogP contribution in [-0.2, 0) is 35.6 Å². The number of nitrogens with zero attached hydrogens (tertiary/aromatic N) is 8. The Kier molecular flexibility index (Phi) is 22.0. The lowest BCUT2D eigenvalue weighted by Gasteiger charge is -2.43. The summed E-state index contributed by atoms with van der Waals surface area (Å²) in [7, 11) is -3.56. The average molecular weight is 1210 g/mol. The van der Waals surface area contributed by atoms with E-state index in [-0.39, 0.29) is 72.5 Å². The SMILES string of the molecule is Cc1cc(Nc2ncnc(Nc3ccccc3S(=O)(=O)C(C)C)n2)c(OC(C)C)cc1N1CCC(N2CCN(C(=O)CCCCCCCCC(=O)NC(C(=O)N3C[C@H](O)C[C@H]3C(=O)NCc3ccc(-c4scnc4C)cc3)C(C)(C)C)CC2)CC1. The van der Waals surface area contributed by atoms with Crippen molar-refractivity contribution in [2.45, 2.75) is 180 Å². The van der Waals surface area contributed by atoms with Crippen molar-refractivity contribution in [3.8, 4) is 16.2 Å². The first kappa shape index (κ1) is 64.3. The molecule has 0 radical (unpaired) electrons. The molecule has 3 saturated heterocycles. The van der Waals surface area contributed by atoms with E-state index in [1.807, 2.05) is 76.2 Å². The highest BCUT2D eigenvalue weighted by atomic mass is 32.2. The Labute approximate surface area is 506 Å². The summed E-state index contributed by atoms with van der Waals surface area (Å²) >= 11 is 1.58. The van der Waals surface area contributed by atoms with E-state index < -0.39 is 38.7 Å². The maximum Gasteiger partial charge on any atom is 0.246 e. The summed E-state index contributed by atoms with van der Waals surface area (Å²) in [5.41, 5.74) is 7.39. The fourth-order valence-electron chi connectivity index (χ4n) is 11.4. The average Bonchev–Trinajstić information content (AvgIpc) is 3.46. The van der Waals surface area contributed by atoms with Crippen LogP contribution < -0.4 is 30.9 Å².